The van der Waals surface area contributed by atoms with E-state index >= 15 is 0 Å². The maximum absolute atomic E-state index is 4.43. The van der Waals surface area contributed by atoms with Crippen LogP contribution in [-0.2, 0) is 0 Å². The molecule has 1 rings (SSSR count). The minimum atomic E-state index is 0.294. The van der Waals surface area contributed by atoms with E-state index in [9.17, 15) is 0 Å². The van der Waals surface area contributed by atoms with Crippen molar-refractivity contribution < 1.29 is 0 Å². The largest absolute Gasteiger partial charge is 0.370 e. The Kier molecular flexibility index (Phi) is 5.78. The predicted molar refractivity (Wildman–Crippen MR) is 87.4 cm³/mol. The molecule has 1 unspecified atom stereocenters. The molecule has 20 heavy (non-hydrogen) atoms. The lowest BCUT2D eigenvalue weighted by atomic mass is 9.82. The van der Waals surface area contributed by atoms with Crippen LogP contribution < -0.4 is 10.6 Å². The number of nitrogens with zero attached hydrogens (tertiary/aromatic N) is 2. The smallest absolute Gasteiger partial charge is 0.134 e. The highest BCUT2D eigenvalue weighted by atomic mass is 15.1. The summed E-state index contributed by atoms with van der Waals surface area (Å²) in [7, 11) is 0. The van der Waals surface area contributed by atoms with E-state index < -0.39 is 0 Å². The molecule has 4 nitrogen and oxygen atoms in total. The molecular formula is C16H30N4. The van der Waals surface area contributed by atoms with Gasteiger partial charge in [-0.3, -0.25) is 0 Å². The van der Waals surface area contributed by atoms with Gasteiger partial charge in [0.05, 0.1) is 0 Å². The van der Waals surface area contributed by atoms with Gasteiger partial charge in [0.25, 0.3) is 0 Å². The van der Waals surface area contributed by atoms with Gasteiger partial charge >= 0.3 is 0 Å². The van der Waals surface area contributed by atoms with Gasteiger partial charge in [-0.2, -0.15) is 0 Å². The second-order valence-corrected chi connectivity index (χ2v) is 6.82. The Morgan fingerprint density at radius 1 is 1.05 bits per heavy atom. The number of hydrogen-bond acceptors (Lipinski definition) is 4. The summed E-state index contributed by atoms with van der Waals surface area (Å²) in [5.74, 6) is 2.86. The lowest BCUT2D eigenvalue weighted by molar-refractivity contribution is 0.274. The van der Waals surface area contributed by atoms with E-state index in [0.29, 0.717) is 17.3 Å². The summed E-state index contributed by atoms with van der Waals surface area (Å²) >= 11 is 0. The summed E-state index contributed by atoms with van der Waals surface area (Å²) in [5, 5.41) is 6.83. The van der Waals surface area contributed by atoms with Gasteiger partial charge in [0.15, 0.2) is 0 Å². The summed E-state index contributed by atoms with van der Waals surface area (Å²) in [6.45, 7) is 17.3. The normalized spacial score (nSPS) is 13.4. The van der Waals surface area contributed by atoms with E-state index in [2.05, 4.69) is 69.1 Å². The van der Waals surface area contributed by atoms with Crippen LogP contribution >= 0.6 is 0 Å². The molecule has 0 amide bonds. The zero-order valence-corrected chi connectivity index (χ0v) is 14.0. The van der Waals surface area contributed by atoms with Crippen molar-refractivity contribution in [2.75, 3.05) is 23.7 Å². The summed E-state index contributed by atoms with van der Waals surface area (Å²) in [5.41, 5.74) is 1.47. The number of anilines is 2. The van der Waals surface area contributed by atoms with E-state index in [1.807, 2.05) is 0 Å². The monoisotopic (exact) mass is 278 g/mol. The second-order valence-electron chi connectivity index (χ2n) is 6.82. The number of nitrogens with one attached hydrogen (secondary N) is 2. The van der Waals surface area contributed by atoms with E-state index in [4.69, 9.17) is 0 Å². The predicted octanol–water partition coefficient (Wildman–Crippen LogP) is 4.13. The molecule has 1 aromatic heterocycles. The molecule has 0 aromatic carbocycles. The molecule has 0 radical (unpaired) electrons. The van der Waals surface area contributed by atoms with Gasteiger partial charge in [0.2, 0.25) is 0 Å². The first-order valence-corrected chi connectivity index (χ1v) is 7.60. The van der Waals surface area contributed by atoms with Crippen molar-refractivity contribution in [2.24, 2.45) is 11.3 Å². The molecule has 114 valence electrons. The molecule has 1 heterocycles. The standard InChI is InChI=1S/C16H30N4/c1-8-17-14-13(11(2)3)15(20-10-19-14)18-9-12(4)16(5,6)7/h10-12H,8-9H2,1-7H3,(H2,17,18,19,20). The zero-order valence-electron chi connectivity index (χ0n) is 14.0. The van der Waals surface area contributed by atoms with Gasteiger partial charge in [0.1, 0.15) is 18.0 Å². The third kappa shape index (κ3) is 4.36. The van der Waals surface area contributed by atoms with Crippen molar-refractivity contribution in [3.05, 3.63) is 11.9 Å². The Bertz CT molecular complexity index is 421. The third-order valence-corrected chi connectivity index (χ3v) is 3.86. The second kappa shape index (κ2) is 6.91. The lowest BCUT2D eigenvalue weighted by Crippen LogP contribution is -2.25. The van der Waals surface area contributed by atoms with Gasteiger partial charge in [-0.1, -0.05) is 41.5 Å². The molecule has 0 saturated carbocycles. The Morgan fingerprint density at radius 2 is 1.60 bits per heavy atom. The van der Waals surface area contributed by atoms with Crippen LogP contribution in [0.4, 0.5) is 11.6 Å². The minimum absolute atomic E-state index is 0.294. The Labute approximate surface area is 123 Å². The molecule has 1 aromatic rings. The molecule has 0 saturated heterocycles. The van der Waals surface area contributed by atoms with Gasteiger partial charge in [-0.25, -0.2) is 9.97 Å². The van der Waals surface area contributed by atoms with E-state index in [1.54, 1.807) is 6.33 Å². The Morgan fingerprint density at radius 3 is 2.05 bits per heavy atom. The zero-order chi connectivity index (χ0) is 15.3. The van der Waals surface area contributed by atoms with Gasteiger partial charge in [-0.15, -0.1) is 0 Å². The number of rotatable bonds is 6. The number of hydrogen-bond donors (Lipinski definition) is 2. The Hall–Kier alpha value is -1.32. The van der Waals surface area contributed by atoms with Crippen LogP contribution in [0.25, 0.3) is 0 Å². The molecule has 2 N–H and O–H groups in total. The van der Waals surface area contributed by atoms with Gasteiger partial charge < -0.3 is 10.6 Å². The quantitative estimate of drug-likeness (QED) is 0.821. The summed E-state index contributed by atoms with van der Waals surface area (Å²) in [6, 6.07) is 0. The maximum atomic E-state index is 4.43. The fourth-order valence-electron chi connectivity index (χ4n) is 1.95. The molecule has 1 atom stereocenters. The van der Waals surface area contributed by atoms with Crippen molar-refractivity contribution in [3.63, 3.8) is 0 Å². The summed E-state index contributed by atoms with van der Waals surface area (Å²) < 4.78 is 0. The lowest BCUT2D eigenvalue weighted by Gasteiger charge is -2.28. The molecule has 0 aliphatic heterocycles. The van der Waals surface area contributed by atoms with E-state index in [0.717, 1.165) is 24.7 Å². The highest BCUT2D eigenvalue weighted by Crippen LogP contribution is 2.30. The fraction of sp³-hybridized carbons (Fsp3) is 0.750. The maximum Gasteiger partial charge on any atom is 0.134 e. The van der Waals surface area contributed by atoms with Crippen molar-refractivity contribution in [1.82, 2.24) is 9.97 Å². The van der Waals surface area contributed by atoms with Crippen LogP contribution in [0.15, 0.2) is 6.33 Å². The van der Waals surface area contributed by atoms with E-state index in [-0.39, 0.29) is 0 Å². The van der Waals surface area contributed by atoms with Crippen LogP contribution in [-0.4, -0.2) is 23.1 Å². The summed E-state index contributed by atoms with van der Waals surface area (Å²) in [4.78, 5) is 8.80. The first-order valence-electron chi connectivity index (χ1n) is 7.60. The van der Waals surface area contributed by atoms with Crippen molar-refractivity contribution in [1.29, 1.82) is 0 Å². The topological polar surface area (TPSA) is 49.8 Å². The molecule has 0 fully saturated rings. The van der Waals surface area contributed by atoms with E-state index in [1.165, 1.54) is 5.56 Å². The molecule has 0 spiro atoms. The highest BCUT2D eigenvalue weighted by molar-refractivity contribution is 5.58. The fourth-order valence-corrected chi connectivity index (χ4v) is 1.95. The van der Waals surface area contributed by atoms with Crippen molar-refractivity contribution >= 4 is 11.6 Å². The van der Waals surface area contributed by atoms with Crippen molar-refractivity contribution in [2.45, 2.75) is 54.4 Å². The van der Waals surface area contributed by atoms with Gasteiger partial charge in [0, 0.05) is 18.7 Å². The third-order valence-electron chi connectivity index (χ3n) is 3.86. The SMILES string of the molecule is CCNc1ncnc(NCC(C)C(C)(C)C)c1C(C)C. The van der Waals surface area contributed by atoms with Crippen molar-refractivity contribution in [3.8, 4) is 0 Å². The van der Waals surface area contributed by atoms with Crippen LogP contribution in [0.1, 0.15) is 59.9 Å². The van der Waals surface area contributed by atoms with Crippen LogP contribution in [0, 0.1) is 11.3 Å². The molecule has 0 aliphatic carbocycles. The highest BCUT2D eigenvalue weighted by Gasteiger charge is 2.21. The number of aromatic nitrogens is 2. The average molecular weight is 278 g/mol. The molecule has 0 aliphatic rings. The minimum Gasteiger partial charge on any atom is -0.370 e. The molecule has 0 bridgehead atoms. The first-order chi connectivity index (χ1) is 9.27. The summed E-state index contributed by atoms with van der Waals surface area (Å²) in [6.07, 6.45) is 1.63. The molecule has 4 heteroatoms. The van der Waals surface area contributed by atoms with Gasteiger partial charge in [-0.05, 0) is 24.2 Å². The van der Waals surface area contributed by atoms with Crippen LogP contribution in [0.2, 0.25) is 0 Å². The van der Waals surface area contributed by atoms with Crippen LogP contribution in [0.5, 0.6) is 0 Å². The Balaban J connectivity index is 2.92. The first kappa shape index (κ1) is 16.7. The van der Waals surface area contributed by atoms with Crippen LogP contribution in [0.3, 0.4) is 0 Å². The average Bonchev–Trinajstić information content (AvgIpc) is 2.34. The molecular weight excluding hydrogens is 248 g/mol.